The van der Waals surface area contributed by atoms with Gasteiger partial charge in [-0.15, -0.1) is 0 Å². The Kier molecular flexibility index (Phi) is 6.50. The third kappa shape index (κ3) is 4.85. The molecule has 6 rings (SSSR count). The summed E-state index contributed by atoms with van der Waals surface area (Å²) in [6.45, 7) is 4.55. The Balaban J connectivity index is 1.40. The van der Waals surface area contributed by atoms with Gasteiger partial charge in [-0.25, -0.2) is 18.1 Å². The Morgan fingerprint density at radius 2 is 1.72 bits per heavy atom. The second-order valence-electron chi connectivity index (χ2n) is 10.2. The highest BCUT2D eigenvalue weighted by atomic mass is 32.2. The first kappa shape index (κ1) is 25.4. The third-order valence-corrected chi connectivity index (χ3v) is 9.45. The van der Waals surface area contributed by atoms with Crippen molar-refractivity contribution in [2.24, 2.45) is 0 Å². The van der Waals surface area contributed by atoms with E-state index in [9.17, 15) is 13.2 Å². The van der Waals surface area contributed by atoms with E-state index in [1.165, 1.54) is 0 Å². The van der Waals surface area contributed by atoms with Gasteiger partial charge in [0.2, 0.25) is 0 Å². The van der Waals surface area contributed by atoms with E-state index in [1.807, 2.05) is 60.4 Å². The fourth-order valence-electron chi connectivity index (χ4n) is 5.59. The van der Waals surface area contributed by atoms with E-state index in [2.05, 4.69) is 17.0 Å². The maximum absolute atomic E-state index is 14.1. The van der Waals surface area contributed by atoms with E-state index >= 15 is 0 Å². The number of amides is 1. The van der Waals surface area contributed by atoms with Crippen molar-refractivity contribution in [2.45, 2.75) is 19.4 Å². The Labute approximate surface area is 227 Å². The fourth-order valence-corrected chi connectivity index (χ4v) is 7.28. The second-order valence-corrected chi connectivity index (χ2v) is 12.4. The van der Waals surface area contributed by atoms with Crippen LogP contribution in [0.2, 0.25) is 0 Å². The number of ether oxygens (including phenoxy) is 1. The lowest BCUT2D eigenvalue weighted by Gasteiger charge is -2.36. The van der Waals surface area contributed by atoms with Crippen LogP contribution in [0.15, 0.2) is 60.7 Å². The largest absolute Gasteiger partial charge is 0.497 e. The summed E-state index contributed by atoms with van der Waals surface area (Å²) < 4.78 is 31.6. The van der Waals surface area contributed by atoms with Gasteiger partial charge in [-0.05, 0) is 55.8 Å². The highest BCUT2D eigenvalue weighted by molar-refractivity contribution is 7.91. The van der Waals surface area contributed by atoms with Crippen molar-refractivity contribution < 1.29 is 17.9 Å². The summed E-state index contributed by atoms with van der Waals surface area (Å²) in [5.41, 5.74) is 4.40. The Hall–Kier alpha value is -3.92. The molecule has 2 aromatic heterocycles. The highest BCUT2D eigenvalue weighted by Gasteiger charge is 2.33. The first-order chi connectivity index (χ1) is 18.8. The summed E-state index contributed by atoms with van der Waals surface area (Å²) in [5, 5.41) is 5.42. The van der Waals surface area contributed by atoms with Crippen LogP contribution in [-0.4, -0.2) is 78.8 Å². The van der Waals surface area contributed by atoms with Crippen molar-refractivity contribution >= 4 is 32.5 Å². The second kappa shape index (κ2) is 10.00. The molecule has 1 amide bonds. The molecule has 4 heterocycles. The van der Waals surface area contributed by atoms with Gasteiger partial charge in [-0.3, -0.25) is 4.79 Å². The van der Waals surface area contributed by atoms with Crippen molar-refractivity contribution in [2.75, 3.05) is 49.7 Å². The molecule has 0 spiro atoms. The monoisotopic (exact) mass is 545 g/mol. The number of piperazine rings is 1. The molecule has 2 aliphatic heterocycles. The number of para-hydroxylation sites is 1. The summed E-state index contributed by atoms with van der Waals surface area (Å²) in [5.74, 6) is 0.826. The number of hydrogen-bond acceptors (Lipinski definition) is 7. The van der Waals surface area contributed by atoms with Gasteiger partial charge in [0.05, 0.1) is 47.0 Å². The predicted octanol–water partition coefficient (Wildman–Crippen LogP) is 3.74. The van der Waals surface area contributed by atoms with Crippen molar-refractivity contribution in [3.63, 3.8) is 0 Å². The first-order valence-corrected chi connectivity index (χ1v) is 15.0. The molecule has 202 valence electrons. The van der Waals surface area contributed by atoms with Gasteiger partial charge in [0.15, 0.2) is 15.5 Å². The van der Waals surface area contributed by atoms with Crippen molar-refractivity contribution in [1.82, 2.24) is 19.7 Å². The minimum Gasteiger partial charge on any atom is -0.497 e. The molecule has 0 radical (unpaired) electrons. The third-order valence-electron chi connectivity index (χ3n) is 7.70. The van der Waals surface area contributed by atoms with Crippen LogP contribution in [0, 0.1) is 6.92 Å². The molecule has 1 atom stereocenters. The van der Waals surface area contributed by atoms with E-state index in [-0.39, 0.29) is 23.5 Å². The number of rotatable bonds is 5. The first-order valence-electron chi connectivity index (χ1n) is 13.2. The smallest absolute Gasteiger partial charge is 0.254 e. The van der Waals surface area contributed by atoms with Crippen LogP contribution in [0.5, 0.6) is 5.75 Å². The number of aryl methyl sites for hydroxylation is 1. The molecule has 0 saturated carbocycles. The number of methoxy groups -OCH3 is 1. The van der Waals surface area contributed by atoms with Gasteiger partial charge in [0.25, 0.3) is 5.91 Å². The lowest BCUT2D eigenvalue weighted by atomic mass is 10.0. The van der Waals surface area contributed by atoms with Gasteiger partial charge in [-0.2, -0.15) is 5.10 Å². The molecule has 2 fully saturated rings. The Bertz CT molecular complexity index is 1630. The number of anilines is 1. The van der Waals surface area contributed by atoms with E-state index in [0.717, 1.165) is 30.1 Å². The van der Waals surface area contributed by atoms with Gasteiger partial charge < -0.3 is 14.5 Å². The summed E-state index contributed by atoms with van der Waals surface area (Å²) >= 11 is 0. The summed E-state index contributed by atoms with van der Waals surface area (Å²) in [6, 6.07) is 19.3. The van der Waals surface area contributed by atoms with E-state index in [4.69, 9.17) is 14.8 Å². The summed E-state index contributed by atoms with van der Waals surface area (Å²) in [7, 11) is -1.51. The normalized spacial score (nSPS) is 19.0. The molecule has 2 aliphatic rings. The van der Waals surface area contributed by atoms with Crippen LogP contribution in [0.4, 0.5) is 5.69 Å². The average Bonchev–Trinajstić information content (AvgIpc) is 3.51. The van der Waals surface area contributed by atoms with Crippen molar-refractivity contribution in [3.05, 3.63) is 71.9 Å². The fraction of sp³-hybridized carbons (Fsp3) is 0.345. The quantitative estimate of drug-likeness (QED) is 0.377. The SMILES string of the molecule is COc1ccc(-c2cc(C(=O)N3CCN(c4ccccc4)CC3)c3c(C)nn(C4CCS(=O)(=O)C4)c3n2)cc1. The van der Waals surface area contributed by atoms with E-state index in [0.29, 0.717) is 47.5 Å². The Morgan fingerprint density at radius 1 is 1.00 bits per heavy atom. The number of hydrogen-bond donors (Lipinski definition) is 0. The summed E-state index contributed by atoms with van der Waals surface area (Å²) in [6.07, 6.45) is 0.484. The molecular weight excluding hydrogens is 514 g/mol. The highest BCUT2D eigenvalue weighted by Crippen LogP contribution is 2.33. The minimum atomic E-state index is -3.13. The molecule has 0 aliphatic carbocycles. The number of carbonyl (C=O) groups excluding carboxylic acids is 1. The van der Waals surface area contributed by atoms with Crippen LogP contribution < -0.4 is 9.64 Å². The van der Waals surface area contributed by atoms with Crippen LogP contribution in [0.25, 0.3) is 22.3 Å². The molecular formula is C29H31N5O4S. The average molecular weight is 546 g/mol. The topological polar surface area (TPSA) is 97.6 Å². The molecule has 1 unspecified atom stereocenters. The van der Waals surface area contributed by atoms with Gasteiger partial charge >= 0.3 is 0 Å². The molecule has 9 nitrogen and oxygen atoms in total. The lowest BCUT2D eigenvalue weighted by Crippen LogP contribution is -2.48. The standard InChI is InChI=1S/C29H31N5O4S/c1-20-27-25(29(35)33-15-13-32(14-16-33)22-6-4-3-5-7-22)18-26(21-8-10-24(38-2)11-9-21)30-28(27)34(31-20)23-12-17-39(36,37)19-23/h3-11,18,23H,12-17,19H2,1-2H3. The number of aromatic nitrogens is 3. The predicted molar refractivity (Wildman–Crippen MR) is 151 cm³/mol. The zero-order valence-corrected chi connectivity index (χ0v) is 22.9. The van der Waals surface area contributed by atoms with Crippen molar-refractivity contribution in [3.8, 4) is 17.0 Å². The summed E-state index contributed by atoms with van der Waals surface area (Å²) in [4.78, 5) is 23.2. The number of fused-ring (bicyclic) bond motifs is 1. The van der Waals surface area contributed by atoms with E-state index in [1.54, 1.807) is 11.8 Å². The zero-order chi connectivity index (χ0) is 27.1. The number of sulfone groups is 1. The van der Waals surface area contributed by atoms with Crippen molar-refractivity contribution in [1.29, 1.82) is 0 Å². The minimum absolute atomic E-state index is 0.0301. The molecule has 2 saturated heterocycles. The maximum Gasteiger partial charge on any atom is 0.254 e. The molecule has 10 heteroatoms. The number of benzene rings is 2. The number of nitrogens with zero attached hydrogens (tertiary/aromatic N) is 5. The van der Waals surface area contributed by atoms with E-state index < -0.39 is 9.84 Å². The van der Waals surface area contributed by atoms with Crippen LogP contribution in [0.3, 0.4) is 0 Å². The van der Waals surface area contributed by atoms with Gasteiger partial charge in [0.1, 0.15) is 5.75 Å². The van der Waals surface area contributed by atoms with Gasteiger partial charge in [-0.1, -0.05) is 18.2 Å². The van der Waals surface area contributed by atoms with Crippen LogP contribution >= 0.6 is 0 Å². The van der Waals surface area contributed by atoms with Crippen LogP contribution in [0.1, 0.15) is 28.5 Å². The molecule has 4 aromatic rings. The number of carbonyl (C=O) groups is 1. The molecule has 0 N–H and O–H groups in total. The zero-order valence-electron chi connectivity index (χ0n) is 22.1. The van der Waals surface area contributed by atoms with Crippen LogP contribution in [-0.2, 0) is 9.84 Å². The lowest BCUT2D eigenvalue weighted by molar-refractivity contribution is 0.0748. The molecule has 39 heavy (non-hydrogen) atoms. The molecule has 2 aromatic carbocycles. The number of pyridine rings is 1. The van der Waals surface area contributed by atoms with Gasteiger partial charge in [0, 0.05) is 37.4 Å². The Morgan fingerprint density at radius 3 is 2.36 bits per heavy atom. The maximum atomic E-state index is 14.1. The molecule has 0 bridgehead atoms.